The van der Waals surface area contributed by atoms with Crippen molar-refractivity contribution in [2.24, 2.45) is 5.92 Å². The van der Waals surface area contributed by atoms with Crippen LogP contribution in [-0.4, -0.2) is 56.7 Å². The third-order valence-corrected chi connectivity index (χ3v) is 7.42. The van der Waals surface area contributed by atoms with E-state index in [9.17, 15) is 14.0 Å². The molecular formula is C31H32FNO5. The number of carbonyl (C=O) groups excluding carboxylic acids is 2. The minimum absolute atomic E-state index is 0.0200. The second-order valence-corrected chi connectivity index (χ2v) is 9.79. The minimum Gasteiger partial charge on any atom is -0.493 e. The number of rotatable bonds is 8. The zero-order valence-electron chi connectivity index (χ0n) is 21.5. The topological polar surface area (TPSA) is 65.1 Å². The maximum atomic E-state index is 13.3. The molecule has 5 rings (SSSR count). The van der Waals surface area contributed by atoms with Gasteiger partial charge in [-0.2, -0.15) is 0 Å². The molecule has 1 amide bonds. The van der Waals surface area contributed by atoms with E-state index < -0.39 is 6.67 Å². The van der Waals surface area contributed by atoms with E-state index in [4.69, 9.17) is 14.2 Å². The molecule has 1 fully saturated rings. The Morgan fingerprint density at radius 3 is 2.55 bits per heavy atom. The number of methoxy groups -OCH3 is 1. The highest BCUT2D eigenvalue weighted by Crippen LogP contribution is 2.41. The van der Waals surface area contributed by atoms with Crippen molar-refractivity contribution in [2.45, 2.75) is 25.2 Å². The van der Waals surface area contributed by atoms with Crippen LogP contribution >= 0.6 is 0 Å². The predicted molar refractivity (Wildman–Crippen MR) is 142 cm³/mol. The van der Waals surface area contributed by atoms with Gasteiger partial charge in [-0.3, -0.25) is 9.59 Å². The van der Waals surface area contributed by atoms with E-state index in [2.05, 4.69) is 12.1 Å². The Morgan fingerprint density at radius 2 is 1.82 bits per heavy atom. The van der Waals surface area contributed by atoms with Gasteiger partial charge in [-0.25, -0.2) is 4.39 Å². The van der Waals surface area contributed by atoms with Crippen molar-refractivity contribution < 1.29 is 28.2 Å². The molecular weight excluding hydrogens is 485 g/mol. The smallest absolute Gasteiger partial charge is 0.253 e. The Balaban J connectivity index is 1.35. The Bertz CT molecular complexity index is 1290. The number of alkyl halides is 1. The van der Waals surface area contributed by atoms with Gasteiger partial charge in [-0.05, 0) is 60.2 Å². The number of piperidine rings is 1. The fraction of sp³-hybridized carbons (Fsp3) is 0.355. The Kier molecular flexibility index (Phi) is 7.91. The first-order valence-corrected chi connectivity index (χ1v) is 13.1. The molecule has 0 bridgehead atoms. The molecule has 0 N–H and O–H groups in total. The molecule has 7 heteroatoms. The van der Waals surface area contributed by atoms with Gasteiger partial charge >= 0.3 is 0 Å². The number of benzene rings is 3. The van der Waals surface area contributed by atoms with Gasteiger partial charge in [0.05, 0.1) is 7.11 Å². The lowest BCUT2D eigenvalue weighted by Crippen LogP contribution is -2.40. The zero-order valence-corrected chi connectivity index (χ0v) is 21.5. The molecule has 0 aliphatic carbocycles. The van der Waals surface area contributed by atoms with Crippen LogP contribution in [0.1, 0.15) is 45.8 Å². The van der Waals surface area contributed by atoms with E-state index in [1.54, 1.807) is 25.3 Å². The van der Waals surface area contributed by atoms with Gasteiger partial charge in [0.25, 0.3) is 5.91 Å². The molecule has 1 saturated heterocycles. The second kappa shape index (κ2) is 11.7. The summed E-state index contributed by atoms with van der Waals surface area (Å²) in [4.78, 5) is 27.0. The maximum Gasteiger partial charge on any atom is 0.253 e. The summed E-state index contributed by atoms with van der Waals surface area (Å²) in [5.74, 6) is 2.19. The van der Waals surface area contributed by atoms with Crippen molar-refractivity contribution in [3.05, 3.63) is 89.0 Å². The molecule has 2 heterocycles. The van der Waals surface area contributed by atoms with Crippen LogP contribution in [0.15, 0.2) is 66.7 Å². The van der Waals surface area contributed by atoms with Crippen molar-refractivity contribution in [3.8, 4) is 17.2 Å². The molecule has 2 aliphatic rings. The quantitative estimate of drug-likeness (QED) is 0.409. The Morgan fingerprint density at radius 1 is 1.03 bits per heavy atom. The molecule has 0 aromatic heterocycles. The van der Waals surface area contributed by atoms with Gasteiger partial charge in [0.1, 0.15) is 25.6 Å². The number of hydrogen-bond donors (Lipinski definition) is 0. The van der Waals surface area contributed by atoms with Crippen LogP contribution in [0.5, 0.6) is 17.2 Å². The molecule has 3 aromatic rings. The lowest BCUT2D eigenvalue weighted by atomic mass is 9.76. The van der Waals surface area contributed by atoms with Gasteiger partial charge in [0, 0.05) is 36.6 Å². The number of nitrogens with zero attached hydrogens (tertiary/aromatic N) is 1. The van der Waals surface area contributed by atoms with E-state index in [1.807, 2.05) is 41.3 Å². The highest BCUT2D eigenvalue weighted by atomic mass is 19.1. The van der Waals surface area contributed by atoms with E-state index in [0.29, 0.717) is 48.2 Å². The average molecular weight is 518 g/mol. The normalized spacial score (nSPS) is 16.4. The Hall–Kier alpha value is -3.87. The van der Waals surface area contributed by atoms with Crippen LogP contribution in [-0.2, 0) is 11.2 Å². The molecule has 38 heavy (non-hydrogen) atoms. The van der Waals surface area contributed by atoms with E-state index in [0.717, 1.165) is 24.0 Å². The fourth-order valence-electron chi connectivity index (χ4n) is 5.58. The first-order chi connectivity index (χ1) is 18.6. The number of fused-ring (bicyclic) bond motifs is 1. The number of carbonyl (C=O) groups is 2. The van der Waals surface area contributed by atoms with Crippen LogP contribution in [0.2, 0.25) is 0 Å². The van der Waals surface area contributed by atoms with E-state index in [-0.39, 0.29) is 30.8 Å². The highest BCUT2D eigenvalue weighted by molar-refractivity contribution is 5.95. The molecule has 198 valence electrons. The van der Waals surface area contributed by atoms with Gasteiger partial charge in [-0.15, -0.1) is 0 Å². The summed E-state index contributed by atoms with van der Waals surface area (Å²) in [5, 5.41) is 0. The largest absolute Gasteiger partial charge is 0.493 e. The molecule has 3 aromatic carbocycles. The molecule has 0 unspecified atom stereocenters. The summed E-state index contributed by atoms with van der Waals surface area (Å²) < 4.78 is 29.4. The SMILES string of the molecule is COc1ccc([C@H](c2ccccc2)C2CCN(C(=O)c3ccc4c(c3)CC(=O)CO4)CC2)cc1OCCF. The fourth-order valence-corrected chi connectivity index (χ4v) is 5.58. The molecule has 6 nitrogen and oxygen atoms in total. The molecule has 1 atom stereocenters. The van der Waals surface area contributed by atoms with Crippen molar-refractivity contribution >= 4 is 11.7 Å². The number of amides is 1. The van der Waals surface area contributed by atoms with Crippen molar-refractivity contribution in [1.82, 2.24) is 4.90 Å². The van der Waals surface area contributed by atoms with Crippen molar-refractivity contribution in [2.75, 3.05) is 40.1 Å². The highest BCUT2D eigenvalue weighted by Gasteiger charge is 2.32. The second-order valence-electron chi connectivity index (χ2n) is 9.79. The first-order valence-electron chi connectivity index (χ1n) is 13.1. The van der Waals surface area contributed by atoms with Crippen LogP contribution < -0.4 is 14.2 Å². The number of likely N-dealkylation sites (tertiary alicyclic amines) is 1. The number of halogens is 1. The molecule has 0 radical (unpaired) electrons. The third-order valence-electron chi connectivity index (χ3n) is 7.42. The van der Waals surface area contributed by atoms with E-state index in [1.165, 1.54) is 5.56 Å². The van der Waals surface area contributed by atoms with Gasteiger partial charge in [0.15, 0.2) is 17.3 Å². The van der Waals surface area contributed by atoms with Gasteiger partial charge in [-0.1, -0.05) is 36.4 Å². The molecule has 0 spiro atoms. The number of Topliss-reactive ketones (excluding diaryl/α,β-unsaturated/α-hetero) is 1. The maximum absolute atomic E-state index is 13.3. The summed E-state index contributed by atoms with van der Waals surface area (Å²) in [7, 11) is 1.58. The third kappa shape index (κ3) is 5.52. The lowest BCUT2D eigenvalue weighted by molar-refractivity contribution is -0.121. The first kappa shape index (κ1) is 25.8. The van der Waals surface area contributed by atoms with Gasteiger partial charge in [0.2, 0.25) is 0 Å². The van der Waals surface area contributed by atoms with Crippen LogP contribution in [0.4, 0.5) is 4.39 Å². The summed E-state index contributed by atoms with van der Waals surface area (Å²) in [5.41, 5.74) is 3.63. The summed E-state index contributed by atoms with van der Waals surface area (Å²) in [6.45, 7) is 0.768. The van der Waals surface area contributed by atoms with Crippen LogP contribution in [0.3, 0.4) is 0 Å². The number of ketones is 1. The standard InChI is InChI=1S/C31H32FNO5/c1-36-28-10-7-23(19-29(28)37-16-13-32)30(21-5-3-2-4-6-21)22-11-14-33(15-12-22)31(35)24-8-9-27-25(17-24)18-26(34)20-38-27/h2-10,17,19,22,30H,11-16,18,20H2,1H3/t30-/m1/s1. The van der Waals surface area contributed by atoms with Crippen molar-refractivity contribution in [1.29, 1.82) is 0 Å². The minimum atomic E-state index is -0.574. The summed E-state index contributed by atoms with van der Waals surface area (Å²) in [6, 6.07) is 21.6. The predicted octanol–water partition coefficient (Wildman–Crippen LogP) is 5.23. The van der Waals surface area contributed by atoms with E-state index >= 15 is 0 Å². The van der Waals surface area contributed by atoms with Crippen molar-refractivity contribution in [3.63, 3.8) is 0 Å². The molecule has 2 aliphatic heterocycles. The number of hydrogen-bond acceptors (Lipinski definition) is 5. The zero-order chi connectivity index (χ0) is 26.5. The van der Waals surface area contributed by atoms with Crippen LogP contribution in [0, 0.1) is 5.92 Å². The summed E-state index contributed by atoms with van der Waals surface area (Å²) in [6.07, 6.45) is 1.98. The monoisotopic (exact) mass is 517 g/mol. The van der Waals surface area contributed by atoms with Gasteiger partial charge < -0.3 is 19.1 Å². The summed E-state index contributed by atoms with van der Waals surface area (Å²) >= 11 is 0. The number of ether oxygens (including phenoxy) is 3. The molecule has 0 saturated carbocycles. The van der Waals surface area contributed by atoms with Crippen LogP contribution in [0.25, 0.3) is 0 Å². The lowest BCUT2D eigenvalue weighted by Gasteiger charge is -2.37. The Labute approximate surface area is 222 Å². The average Bonchev–Trinajstić information content (AvgIpc) is 2.96.